The van der Waals surface area contributed by atoms with Crippen LogP contribution in [0.2, 0.25) is 0 Å². The number of anilines is 1. The molecular formula is C14H19NO2. The smallest absolute Gasteiger partial charge is 0.196 e. The van der Waals surface area contributed by atoms with E-state index in [-0.39, 0.29) is 0 Å². The van der Waals surface area contributed by atoms with Gasteiger partial charge in [0.15, 0.2) is 17.9 Å². The van der Waals surface area contributed by atoms with Crippen molar-refractivity contribution in [2.45, 2.75) is 44.6 Å². The minimum Gasteiger partial charge on any atom is -0.438 e. The van der Waals surface area contributed by atoms with Gasteiger partial charge in [-0.2, -0.15) is 0 Å². The van der Waals surface area contributed by atoms with Gasteiger partial charge in [-0.15, -0.1) is 0 Å². The second kappa shape index (κ2) is 4.55. The molecule has 1 aromatic rings. The summed E-state index contributed by atoms with van der Waals surface area (Å²) < 4.78 is 5.58. The molecule has 0 N–H and O–H groups in total. The number of furan rings is 1. The van der Waals surface area contributed by atoms with Crippen LogP contribution in [-0.2, 0) is 0 Å². The highest BCUT2D eigenvalue weighted by Gasteiger charge is 2.34. The molecular weight excluding hydrogens is 214 g/mol. The van der Waals surface area contributed by atoms with Crippen molar-refractivity contribution >= 4 is 12.2 Å². The molecule has 3 heteroatoms. The number of hydrogen-bond acceptors (Lipinski definition) is 3. The van der Waals surface area contributed by atoms with Crippen molar-refractivity contribution in [3.8, 4) is 0 Å². The Labute approximate surface area is 102 Å². The van der Waals surface area contributed by atoms with E-state index >= 15 is 0 Å². The zero-order valence-electron chi connectivity index (χ0n) is 10.1. The Morgan fingerprint density at radius 1 is 1.18 bits per heavy atom. The SMILES string of the molecule is O=Cc1ccc(N2CCCC3CCCCC32)o1. The molecule has 3 rings (SSSR count). The van der Waals surface area contributed by atoms with E-state index in [0.29, 0.717) is 11.8 Å². The lowest BCUT2D eigenvalue weighted by atomic mass is 9.78. The summed E-state index contributed by atoms with van der Waals surface area (Å²) in [6.07, 6.45) is 8.75. The van der Waals surface area contributed by atoms with Crippen molar-refractivity contribution in [3.63, 3.8) is 0 Å². The van der Waals surface area contributed by atoms with Crippen LogP contribution in [0.3, 0.4) is 0 Å². The van der Waals surface area contributed by atoms with Gasteiger partial charge in [0.1, 0.15) is 0 Å². The van der Waals surface area contributed by atoms with E-state index in [2.05, 4.69) is 4.90 Å². The van der Waals surface area contributed by atoms with Crippen LogP contribution in [-0.4, -0.2) is 18.9 Å². The van der Waals surface area contributed by atoms with Gasteiger partial charge in [-0.3, -0.25) is 4.79 Å². The third kappa shape index (κ3) is 1.99. The molecule has 1 saturated carbocycles. The second-order valence-corrected chi connectivity index (χ2v) is 5.24. The van der Waals surface area contributed by atoms with Crippen molar-refractivity contribution in [1.82, 2.24) is 0 Å². The lowest BCUT2D eigenvalue weighted by molar-refractivity contribution is 0.110. The van der Waals surface area contributed by atoms with Gasteiger partial charge >= 0.3 is 0 Å². The summed E-state index contributed by atoms with van der Waals surface area (Å²) in [6, 6.07) is 4.36. The van der Waals surface area contributed by atoms with Crippen LogP contribution in [0, 0.1) is 5.92 Å². The molecule has 2 atom stereocenters. The van der Waals surface area contributed by atoms with E-state index in [9.17, 15) is 4.79 Å². The third-order valence-corrected chi connectivity index (χ3v) is 4.26. The molecule has 0 aromatic carbocycles. The van der Waals surface area contributed by atoms with Crippen molar-refractivity contribution in [2.75, 3.05) is 11.4 Å². The molecule has 1 aromatic heterocycles. The van der Waals surface area contributed by atoms with Gasteiger partial charge in [0.2, 0.25) is 0 Å². The Balaban J connectivity index is 1.82. The topological polar surface area (TPSA) is 33.5 Å². The average Bonchev–Trinajstić information content (AvgIpc) is 2.87. The van der Waals surface area contributed by atoms with Crippen molar-refractivity contribution < 1.29 is 9.21 Å². The van der Waals surface area contributed by atoms with E-state index < -0.39 is 0 Å². The van der Waals surface area contributed by atoms with Gasteiger partial charge < -0.3 is 9.32 Å². The van der Waals surface area contributed by atoms with Crippen LogP contribution < -0.4 is 4.90 Å². The molecule has 0 spiro atoms. The Bertz CT molecular complexity index is 397. The standard InChI is InChI=1S/C14H19NO2/c16-10-12-7-8-14(17-12)15-9-3-5-11-4-1-2-6-13(11)15/h7-8,10-11,13H,1-6,9H2. The predicted molar refractivity (Wildman–Crippen MR) is 66.4 cm³/mol. The molecule has 0 amide bonds. The number of rotatable bonds is 2. The van der Waals surface area contributed by atoms with Crippen LogP contribution in [0.5, 0.6) is 0 Å². The van der Waals surface area contributed by atoms with Crippen LogP contribution in [0.4, 0.5) is 5.88 Å². The molecule has 2 heterocycles. The first-order valence-corrected chi connectivity index (χ1v) is 6.70. The minimum absolute atomic E-state index is 0.443. The number of piperidine rings is 1. The second-order valence-electron chi connectivity index (χ2n) is 5.24. The van der Waals surface area contributed by atoms with Gasteiger partial charge in [0, 0.05) is 18.7 Å². The zero-order chi connectivity index (χ0) is 11.7. The minimum atomic E-state index is 0.443. The van der Waals surface area contributed by atoms with E-state index in [0.717, 1.165) is 24.6 Å². The Morgan fingerprint density at radius 3 is 2.82 bits per heavy atom. The predicted octanol–water partition coefficient (Wildman–Crippen LogP) is 3.25. The van der Waals surface area contributed by atoms with Crippen molar-refractivity contribution in [1.29, 1.82) is 0 Å². The maximum atomic E-state index is 10.7. The van der Waals surface area contributed by atoms with Gasteiger partial charge in [0.05, 0.1) is 0 Å². The monoisotopic (exact) mass is 233 g/mol. The molecule has 17 heavy (non-hydrogen) atoms. The van der Waals surface area contributed by atoms with Crippen LogP contribution in [0.25, 0.3) is 0 Å². The fourth-order valence-electron chi connectivity index (χ4n) is 3.46. The molecule has 1 saturated heterocycles. The molecule has 2 unspecified atom stereocenters. The normalized spacial score (nSPS) is 28.8. The Kier molecular flexibility index (Phi) is 2.91. The molecule has 2 fully saturated rings. The summed E-state index contributed by atoms with van der Waals surface area (Å²) in [7, 11) is 0. The van der Waals surface area contributed by atoms with Gasteiger partial charge in [-0.05, 0) is 37.7 Å². The van der Waals surface area contributed by atoms with Crippen molar-refractivity contribution in [3.05, 3.63) is 17.9 Å². The van der Waals surface area contributed by atoms with Crippen LogP contribution in [0.15, 0.2) is 16.5 Å². The van der Waals surface area contributed by atoms with Crippen molar-refractivity contribution in [2.24, 2.45) is 5.92 Å². The lowest BCUT2D eigenvalue weighted by Gasteiger charge is -2.44. The Hall–Kier alpha value is -1.25. The molecule has 2 aliphatic rings. The molecule has 1 aliphatic heterocycles. The summed E-state index contributed by atoms with van der Waals surface area (Å²) in [5, 5.41) is 0. The highest BCUT2D eigenvalue weighted by Crippen LogP contribution is 2.38. The van der Waals surface area contributed by atoms with Gasteiger partial charge in [0.25, 0.3) is 0 Å². The summed E-state index contributed by atoms with van der Waals surface area (Å²) in [4.78, 5) is 13.1. The largest absolute Gasteiger partial charge is 0.438 e. The Morgan fingerprint density at radius 2 is 2.00 bits per heavy atom. The number of nitrogens with zero attached hydrogens (tertiary/aromatic N) is 1. The first-order valence-electron chi connectivity index (χ1n) is 6.70. The first kappa shape index (κ1) is 10.9. The third-order valence-electron chi connectivity index (χ3n) is 4.26. The van der Waals surface area contributed by atoms with Gasteiger partial charge in [-0.25, -0.2) is 0 Å². The van der Waals surface area contributed by atoms with E-state index in [4.69, 9.17) is 4.42 Å². The van der Waals surface area contributed by atoms with E-state index in [1.807, 2.05) is 6.07 Å². The molecule has 0 bridgehead atoms. The maximum absolute atomic E-state index is 10.7. The van der Waals surface area contributed by atoms with E-state index in [1.165, 1.54) is 38.5 Å². The summed E-state index contributed by atoms with van der Waals surface area (Å²) in [6.45, 7) is 1.08. The van der Waals surface area contributed by atoms with Gasteiger partial charge in [-0.1, -0.05) is 12.8 Å². The lowest BCUT2D eigenvalue weighted by Crippen LogP contribution is -2.46. The number of aldehydes is 1. The fraction of sp³-hybridized carbons (Fsp3) is 0.643. The van der Waals surface area contributed by atoms with E-state index in [1.54, 1.807) is 6.07 Å². The highest BCUT2D eigenvalue weighted by molar-refractivity contribution is 5.71. The number of fused-ring (bicyclic) bond motifs is 1. The summed E-state index contributed by atoms with van der Waals surface area (Å²) >= 11 is 0. The summed E-state index contributed by atoms with van der Waals surface area (Å²) in [5.41, 5.74) is 0. The van der Waals surface area contributed by atoms with Crippen LogP contribution in [0.1, 0.15) is 49.1 Å². The fourth-order valence-corrected chi connectivity index (χ4v) is 3.46. The highest BCUT2D eigenvalue weighted by atomic mass is 16.4. The summed E-state index contributed by atoms with van der Waals surface area (Å²) in [5.74, 6) is 2.17. The molecule has 0 radical (unpaired) electrons. The maximum Gasteiger partial charge on any atom is 0.196 e. The molecule has 92 valence electrons. The molecule has 3 nitrogen and oxygen atoms in total. The first-order chi connectivity index (χ1) is 8.38. The molecule has 1 aliphatic carbocycles. The number of hydrogen-bond donors (Lipinski definition) is 0. The quantitative estimate of drug-likeness (QED) is 0.735. The number of carbonyl (C=O) groups is 1. The number of carbonyl (C=O) groups excluding carboxylic acids is 1. The van der Waals surface area contributed by atoms with Crippen LogP contribution >= 0.6 is 0 Å². The zero-order valence-corrected chi connectivity index (χ0v) is 10.1. The average molecular weight is 233 g/mol.